The van der Waals surface area contributed by atoms with Crippen LogP contribution >= 0.6 is 0 Å². The number of aryl methyl sites for hydroxylation is 1. The van der Waals surface area contributed by atoms with E-state index in [4.69, 9.17) is 4.74 Å². The van der Waals surface area contributed by atoms with Gasteiger partial charge in [0.05, 0.1) is 12.8 Å². The summed E-state index contributed by atoms with van der Waals surface area (Å²) in [6.07, 6.45) is 2.18. The highest BCUT2D eigenvalue weighted by atomic mass is 16.5. The zero-order valence-electron chi connectivity index (χ0n) is 18.1. The molecule has 0 unspecified atom stereocenters. The Morgan fingerprint density at radius 2 is 1.74 bits per heavy atom. The molecule has 1 saturated heterocycles. The number of nitrogens with one attached hydrogen (secondary N) is 1. The lowest BCUT2D eigenvalue weighted by Gasteiger charge is -2.32. The van der Waals surface area contributed by atoms with Gasteiger partial charge in [-0.15, -0.1) is 5.10 Å². The molecule has 158 valence electrons. The number of fused-ring (bicyclic) bond motifs is 2. The quantitative estimate of drug-likeness (QED) is 0.490. The number of nitrogens with zero attached hydrogens (tertiary/aromatic N) is 3. The van der Waals surface area contributed by atoms with Crippen LogP contribution in [0.1, 0.15) is 24.1 Å². The molecule has 0 saturated carbocycles. The van der Waals surface area contributed by atoms with Gasteiger partial charge in [-0.3, -0.25) is 4.90 Å². The molecular formula is C26H28N4O. The van der Waals surface area contributed by atoms with Crippen LogP contribution in [0.15, 0.2) is 60.7 Å². The normalized spacial score (nSPS) is 15.4. The van der Waals surface area contributed by atoms with Gasteiger partial charge in [0.25, 0.3) is 0 Å². The average molecular weight is 413 g/mol. The smallest absolute Gasteiger partial charge is 0.156 e. The molecule has 4 aromatic rings. The molecule has 0 aliphatic carbocycles. The maximum absolute atomic E-state index is 5.42. The van der Waals surface area contributed by atoms with E-state index in [1.807, 2.05) is 19.1 Å². The summed E-state index contributed by atoms with van der Waals surface area (Å²) in [5.74, 6) is 1.70. The molecule has 0 bridgehead atoms. The molecule has 5 nitrogen and oxygen atoms in total. The summed E-state index contributed by atoms with van der Waals surface area (Å²) in [4.78, 5) is 2.55. The first-order valence-corrected chi connectivity index (χ1v) is 11.0. The van der Waals surface area contributed by atoms with Crippen molar-refractivity contribution in [2.45, 2.75) is 32.4 Å². The molecule has 0 spiro atoms. The van der Waals surface area contributed by atoms with Crippen molar-refractivity contribution in [3.05, 3.63) is 71.9 Å². The predicted molar refractivity (Wildman–Crippen MR) is 127 cm³/mol. The standard InChI is InChI=1S/C26H28N4O/c1-18-24-10-9-23(31-2)16-25(24)26(29-28-18)27-22-11-13-30(14-12-22)17-19-7-8-20-5-3-4-6-21(20)15-19/h3-10,15-16,22H,11-14,17H2,1-2H3,(H,27,29). The van der Waals surface area contributed by atoms with Crippen LogP contribution in [0, 0.1) is 6.92 Å². The molecule has 5 rings (SSSR count). The number of rotatable bonds is 5. The number of benzene rings is 3. The Kier molecular flexibility index (Phi) is 5.43. The van der Waals surface area contributed by atoms with E-state index in [2.05, 4.69) is 68.9 Å². The number of ether oxygens (including phenoxy) is 1. The van der Waals surface area contributed by atoms with Crippen molar-refractivity contribution in [2.24, 2.45) is 0 Å². The fourth-order valence-corrected chi connectivity index (χ4v) is 4.53. The van der Waals surface area contributed by atoms with Crippen molar-refractivity contribution in [3.8, 4) is 5.75 Å². The van der Waals surface area contributed by atoms with E-state index >= 15 is 0 Å². The van der Waals surface area contributed by atoms with Crippen LogP contribution in [-0.4, -0.2) is 41.3 Å². The lowest BCUT2D eigenvalue weighted by molar-refractivity contribution is 0.211. The van der Waals surface area contributed by atoms with Gasteiger partial charge in [-0.2, -0.15) is 5.10 Å². The molecule has 1 aliphatic rings. The Balaban J connectivity index is 1.25. The van der Waals surface area contributed by atoms with Gasteiger partial charge in [0.15, 0.2) is 5.82 Å². The number of anilines is 1. The Labute approximate surface area is 183 Å². The lowest BCUT2D eigenvalue weighted by Crippen LogP contribution is -2.38. The number of hydrogen-bond donors (Lipinski definition) is 1. The lowest BCUT2D eigenvalue weighted by atomic mass is 10.0. The average Bonchev–Trinajstić information content (AvgIpc) is 2.82. The topological polar surface area (TPSA) is 50.3 Å². The van der Waals surface area contributed by atoms with E-state index in [1.165, 1.54) is 16.3 Å². The van der Waals surface area contributed by atoms with Crippen LogP contribution in [0.5, 0.6) is 5.75 Å². The molecule has 1 N–H and O–H groups in total. The Hall–Kier alpha value is -3.18. The predicted octanol–water partition coefficient (Wildman–Crippen LogP) is 5.18. The summed E-state index contributed by atoms with van der Waals surface area (Å²) < 4.78 is 5.42. The molecule has 5 heteroatoms. The second kappa shape index (κ2) is 8.52. The van der Waals surface area contributed by atoms with Crippen LogP contribution in [0.3, 0.4) is 0 Å². The highest BCUT2D eigenvalue weighted by molar-refractivity contribution is 5.94. The van der Waals surface area contributed by atoms with E-state index in [9.17, 15) is 0 Å². The molecule has 1 fully saturated rings. The summed E-state index contributed by atoms with van der Waals surface area (Å²) in [7, 11) is 1.70. The van der Waals surface area contributed by atoms with Crippen LogP contribution in [0.4, 0.5) is 5.82 Å². The van der Waals surface area contributed by atoms with E-state index in [0.717, 1.165) is 60.5 Å². The molecule has 0 amide bonds. The van der Waals surface area contributed by atoms with Gasteiger partial charge in [-0.05, 0) is 60.4 Å². The summed E-state index contributed by atoms with van der Waals surface area (Å²) in [5, 5.41) is 17.3. The van der Waals surface area contributed by atoms with E-state index < -0.39 is 0 Å². The molecule has 1 aromatic heterocycles. The monoisotopic (exact) mass is 412 g/mol. The molecule has 1 aliphatic heterocycles. The van der Waals surface area contributed by atoms with Crippen molar-refractivity contribution in [1.29, 1.82) is 0 Å². The molecular weight excluding hydrogens is 384 g/mol. The second-order valence-electron chi connectivity index (χ2n) is 8.42. The van der Waals surface area contributed by atoms with Crippen LogP contribution in [0.25, 0.3) is 21.5 Å². The Morgan fingerprint density at radius 3 is 2.55 bits per heavy atom. The van der Waals surface area contributed by atoms with Crippen molar-refractivity contribution in [2.75, 3.05) is 25.5 Å². The molecule has 31 heavy (non-hydrogen) atoms. The zero-order valence-corrected chi connectivity index (χ0v) is 18.1. The molecule has 0 atom stereocenters. The largest absolute Gasteiger partial charge is 0.497 e. The fraction of sp³-hybridized carbons (Fsp3) is 0.308. The number of aromatic nitrogens is 2. The first kappa shape index (κ1) is 19.8. The third-order valence-corrected chi connectivity index (χ3v) is 6.32. The molecule has 0 radical (unpaired) electrons. The van der Waals surface area contributed by atoms with Gasteiger partial charge in [0.1, 0.15) is 5.75 Å². The third-order valence-electron chi connectivity index (χ3n) is 6.32. The van der Waals surface area contributed by atoms with Crippen molar-refractivity contribution >= 4 is 27.4 Å². The van der Waals surface area contributed by atoms with Crippen LogP contribution < -0.4 is 10.1 Å². The van der Waals surface area contributed by atoms with Gasteiger partial charge in [-0.1, -0.05) is 36.4 Å². The van der Waals surface area contributed by atoms with Gasteiger partial charge >= 0.3 is 0 Å². The zero-order chi connectivity index (χ0) is 21.2. The van der Waals surface area contributed by atoms with Crippen molar-refractivity contribution < 1.29 is 4.74 Å². The number of piperidine rings is 1. The Morgan fingerprint density at radius 1 is 0.935 bits per heavy atom. The maximum Gasteiger partial charge on any atom is 0.156 e. The van der Waals surface area contributed by atoms with Crippen molar-refractivity contribution in [1.82, 2.24) is 15.1 Å². The summed E-state index contributed by atoms with van der Waals surface area (Å²) in [6, 6.07) is 21.9. The van der Waals surface area contributed by atoms with Crippen LogP contribution in [-0.2, 0) is 6.54 Å². The fourth-order valence-electron chi connectivity index (χ4n) is 4.53. The van der Waals surface area contributed by atoms with Crippen LogP contribution in [0.2, 0.25) is 0 Å². The maximum atomic E-state index is 5.42. The van der Waals surface area contributed by atoms with Gasteiger partial charge in [0.2, 0.25) is 0 Å². The van der Waals surface area contributed by atoms with E-state index in [1.54, 1.807) is 7.11 Å². The van der Waals surface area contributed by atoms with Gasteiger partial charge in [0, 0.05) is 36.4 Å². The summed E-state index contributed by atoms with van der Waals surface area (Å²) in [5.41, 5.74) is 2.32. The molecule has 2 heterocycles. The van der Waals surface area contributed by atoms with E-state index in [0.29, 0.717) is 6.04 Å². The van der Waals surface area contributed by atoms with Gasteiger partial charge < -0.3 is 10.1 Å². The minimum absolute atomic E-state index is 0.402. The number of likely N-dealkylation sites (tertiary alicyclic amines) is 1. The second-order valence-corrected chi connectivity index (χ2v) is 8.42. The highest BCUT2D eigenvalue weighted by Gasteiger charge is 2.21. The van der Waals surface area contributed by atoms with E-state index in [-0.39, 0.29) is 0 Å². The number of methoxy groups -OCH3 is 1. The third kappa shape index (κ3) is 4.19. The first-order chi connectivity index (χ1) is 15.2. The summed E-state index contributed by atoms with van der Waals surface area (Å²) >= 11 is 0. The Bertz CT molecular complexity index is 1210. The summed E-state index contributed by atoms with van der Waals surface area (Å²) in [6.45, 7) is 5.15. The SMILES string of the molecule is COc1ccc2c(C)nnc(NC3CCN(Cc4ccc5ccccc5c4)CC3)c2c1. The van der Waals surface area contributed by atoms with Gasteiger partial charge in [-0.25, -0.2) is 0 Å². The molecule has 3 aromatic carbocycles. The highest BCUT2D eigenvalue weighted by Crippen LogP contribution is 2.29. The minimum atomic E-state index is 0.402. The van der Waals surface area contributed by atoms with Crippen molar-refractivity contribution in [3.63, 3.8) is 0 Å². The first-order valence-electron chi connectivity index (χ1n) is 11.0. The minimum Gasteiger partial charge on any atom is -0.497 e. The number of hydrogen-bond acceptors (Lipinski definition) is 5.